The Morgan fingerprint density at radius 1 is 0.976 bits per heavy atom. The first-order chi connectivity index (χ1) is 20.1. The predicted molar refractivity (Wildman–Crippen MR) is 164 cm³/mol. The number of nitrogens with one attached hydrogen (secondary N) is 1. The fourth-order valence-corrected chi connectivity index (χ4v) is 6.74. The number of pyridine rings is 1. The zero-order valence-electron chi connectivity index (χ0n) is 24.2. The Morgan fingerprint density at radius 2 is 1.64 bits per heavy atom. The van der Waals surface area contributed by atoms with E-state index < -0.39 is 10.0 Å². The van der Waals surface area contributed by atoms with Gasteiger partial charge in [-0.1, -0.05) is 30.3 Å². The molecule has 0 bridgehead atoms. The number of nitrogens with two attached hydrogens (primary N) is 1. The van der Waals surface area contributed by atoms with Crippen molar-refractivity contribution in [1.82, 2.24) is 9.88 Å². The Balaban J connectivity index is 1.27. The molecule has 3 N–H and O–H groups in total. The molecular formula is C31H37N7O3S. The quantitative estimate of drug-likeness (QED) is 0.446. The average Bonchev–Trinajstić information content (AvgIpc) is 2.98. The number of piperazine rings is 1. The second kappa shape index (κ2) is 12.0. The van der Waals surface area contributed by atoms with E-state index in [2.05, 4.69) is 16.3 Å². The number of aryl methyl sites for hydroxylation is 2. The molecule has 1 atom stereocenters. The molecule has 5 rings (SSSR count). The number of aromatic nitrogens is 1. The normalized spacial score (nSPS) is 18.1. The molecule has 2 aliphatic heterocycles. The number of rotatable bonds is 6. The SMILES string of the molecule is Cc1cc(C)c(C(=O)N2CCN(c3ccccc3S(N)(=O)=O)C[C@@H]2C)nc1NC1CCN(c2ccccc2C#N)CC1. The second-order valence-electron chi connectivity index (χ2n) is 11.2. The summed E-state index contributed by atoms with van der Waals surface area (Å²) < 4.78 is 24.3. The topological polar surface area (TPSA) is 136 Å². The molecule has 3 heterocycles. The number of carbonyl (C=O) groups excluding carboxylic acids is 1. The van der Waals surface area contributed by atoms with Crippen LogP contribution in [0.1, 0.15) is 46.9 Å². The highest BCUT2D eigenvalue weighted by Gasteiger charge is 2.32. The molecule has 0 saturated carbocycles. The van der Waals surface area contributed by atoms with E-state index in [1.807, 2.05) is 60.9 Å². The molecule has 0 unspecified atom stereocenters. The number of primary sulfonamides is 1. The van der Waals surface area contributed by atoms with Gasteiger partial charge >= 0.3 is 0 Å². The summed E-state index contributed by atoms with van der Waals surface area (Å²) in [4.78, 5) is 24.7. The maximum atomic E-state index is 13.8. The Bertz CT molecular complexity index is 1630. The van der Waals surface area contributed by atoms with E-state index in [9.17, 15) is 18.5 Å². The molecule has 1 aromatic heterocycles. The van der Waals surface area contributed by atoms with Gasteiger partial charge in [-0.05, 0) is 69.0 Å². The van der Waals surface area contributed by atoms with E-state index in [-0.39, 0.29) is 22.9 Å². The average molecular weight is 588 g/mol. The summed E-state index contributed by atoms with van der Waals surface area (Å²) in [5.74, 6) is 0.582. The van der Waals surface area contributed by atoms with E-state index in [1.165, 1.54) is 6.07 Å². The number of nitriles is 1. The second-order valence-corrected chi connectivity index (χ2v) is 12.7. The Kier molecular flexibility index (Phi) is 8.38. The van der Waals surface area contributed by atoms with Crippen LogP contribution in [0.15, 0.2) is 59.5 Å². The van der Waals surface area contributed by atoms with Gasteiger partial charge in [0.1, 0.15) is 22.5 Å². The lowest BCUT2D eigenvalue weighted by Gasteiger charge is -2.41. The fraction of sp³-hybridized carbons (Fsp3) is 0.387. The number of piperidine rings is 1. The molecule has 0 radical (unpaired) electrons. The number of benzene rings is 2. The summed E-state index contributed by atoms with van der Waals surface area (Å²) in [6.45, 7) is 8.90. The van der Waals surface area contributed by atoms with Crippen LogP contribution in [0.3, 0.4) is 0 Å². The maximum absolute atomic E-state index is 13.8. The first-order valence-electron chi connectivity index (χ1n) is 14.2. The summed E-state index contributed by atoms with van der Waals surface area (Å²) >= 11 is 0. The number of hydrogen-bond donors (Lipinski definition) is 2. The van der Waals surface area contributed by atoms with Crippen LogP contribution < -0.4 is 20.3 Å². The molecule has 2 saturated heterocycles. The minimum Gasteiger partial charge on any atom is -0.370 e. The molecule has 220 valence electrons. The monoisotopic (exact) mass is 587 g/mol. The maximum Gasteiger partial charge on any atom is 0.273 e. The van der Waals surface area contributed by atoms with Crippen LogP contribution in [0.2, 0.25) is 0 Å². The van der Waals surface area contributed by atoms with Crippen molar-refractivity contribution in [3.05, 3.63) is 77.0 Å². The van der Waals surface area contributed by atoms with Gasteiger partial charge in [0.15, 0.2) is 0 Å². The summed E-state index contributed by atoms with van der Waals surface area (Å²) in [5, 5.41) is 18.5. The van der Waals surface area contributed by atoms with E-state index in [4.69, 9.17) is 10.1 Å². The third-order valence-electron chi connectivity index (χ3n) is 8.21. The van der Waals surface area contributed by atoms with Crippen LogP contribution >= 0.6 is 0 Å². The van der Waals surface area contributed by atoms with Crippen LogP contribution in [0.25, 0.3) is 0 Å². The smallest absolute Gasteiger partial charge is 0.273 e. The number of para-hydroxylation sites is 2. The molecule has 10 nitrogen and oxygen atoms in total. The van der Waals surface area contributed by atoms with Gasteiger partial charge < -0.3 is 20.0 Å². The third kappa shape index (κ3) is 6.05. The van der Waals surface area contributed by atoms with Crippen molar-refractivity contribution in [3.63, 3.8) is 0 Å². The lowest BCUT2D eigenvalue weighted by Crippen LogP contribution is -2.54. The molecule has 1 amide bonds. The van der Waals surface area contributed by atoms with Crippen LogP contribution in [0, 0.1) is 25.2 Å². The molecular weight excluding hydrogens is 550 g/mol. The minimum absolute atomic E-state index is 0.0869. The molecule has 2 aliphatic rings. The van der Waals surface area contributed by atoms with Crippen molar-refractivity contribution in [2.75, 3.05) is 47.8 Å². The standard InChI is InChI=1S/C31H37N7O3S/c1-21-18-22(2)30(34-25-12-14-36(15-13-25)26-9-5-4-8-24(26)19-32)35-29(21)31(39)38-17-16-37(20-23(38)3)27-10-6-7-11-28(27)42(33,40)41/h4-11,18,23,25H,12-17,20H2,1-3H3,(H,34,35)(H2,33,40,41)/t23-/m0/s1. The summed E-state index contributed by atoms with van der Waals surface area (Å²) in [6, 6.07) is 18.7. The highest BCUT2D eigenvalue weighted by molar-refractivity contribution is 7.89. The van der Waals surface area contributed by atoms with Gasteiger partial charge in [0.25, 0.3) is 5.91 Å². The summed E-state index contributed by atoms with van der Waals surface area (Å²) in [6.07, 6.45) is 1.77. The molecule has 11 heteroatoms. The van der Waals surface area contributed by atoms with Crippen molar-refractivity contribution < 1.29 is 13.2 Å². The first kappa shape index (κ1) is 29.4. The molecule has 0 aliphatic carbocycles. The third-order valence-corrected chi connectivity index (χ3v) is 9.17. The first-order valence-corrected chi connectivity index (χ1v) is 15.8. The van der Waals surface area contributed by atoms with E-state index in [0.29, 0.717) is 42.4 Å². The largest absolute Gasteiger partial charge is 0.370 e. The Hall–Kier alpha value is -4.14. The van der Waals surface area contributed by atoms with Gasteiger partial charge in [-0.2, -0.15) is 5.26 Å². The summed E-state index contributed by atoms with van der Waals surface area (Å²) in [5.41, 5.74) is 4.44. The number of nitrogens with zero attached hydrogens (tertiary/aromatic N) is 5. The molecule has 0 spiro atoms. The number of carbonyl (C=O) groups is 1. The zero-order valence-corrected chi connectivity index (χ0v) is 25.1. The van der Waals surface area contributed by atoms with E-state index in [0.717, 1.165) is 42.7 Å². The van der Waals surface area contributed by atoms with Crippen molar-refractivity contribution in [2.45, 2.75) is 50.6 Å². The summed E-state index contributed by atoms with van der Waals surface area (Å²) in [7, 11) is -3.88. The van der Waals surface area contributed by atoms with Gasteiger partial charge in [0.05, 0.1) is 16.9 Å². The van der Waals surface area contributed by atoms with Gasteiger partial charge in [-0.3, -0.25) is 4.79 Å². The number of hydrogen-bond acceptors (Lipinski definition) is 8. The lowest BCUT2D eigenvalue weighted by molar-refractivity contribution is 0.0667. The van der Waals surface area contributed by atoms with Crippen LogP contribution in [0.5, 0.6) is 0 Å². The van der Waals surface area contributed by atoms with Gasteiger partial charge in [0, 0.05) is 44.8 Å². The van der Waals surface area contributed by atoms with E-state index >= 15 is 0 Å². The Labute approximate surface area is 247 Å². The molecule has 2 fully saturated rings. The van der Waals surface area contributed by atoms with Crippen LogP contribution in [-0.2, 0) is 10.0 Å². The molecule has 42 heavy (non-hydrogen) atoms. The minimum atomic E-state index is -3.88. The van der Waals surface area contributed by atoms with E-state index in [1.54, 1.807) is 18.2 Å². The van der Waals surface area contributed by atoms with Crippen molar-refractivity contribution in [3.8, 4) is 6.07 Å². The van der Waals surface area contributed by atoms with Crippen LogP contribution in [-0.4, -0.2) is 69.0 Å². The Morgan fingerprint density at radius 3 is 2.31 bits per heavy atom. The predicted octanol–water partition coefficient (Wildman–Crippen LogP) is 3.65. The van der Waals surface area contributed by atoms with Crippen LogP contribution in [0.4, 0.5) is 17.2 Å². The van der Waals surface area contributed by atoms with Crippen molar-refractivity contribution in [1.29, 1.82) is 5.26 Å². The van der Waals surface area contributed by atoms with Gasteiger partial charge in [-0.25, -0.2) is 18.5 Å². The lowest BCUT2D eigenvalue weighted by atomic mass is 10.0. The zero-order chi connectivity index (χ0) is 30.0. The van der Waals surface area contributed by atoms with Gasteiger partial charge in [-0.15, -0.1) is 0 Å². The molecule has 2 aromatic carbocycles. The van der Waals surface area contributed by atoms with Crippen molar-refractivity contribution >= 4 is 33.1 Å². The molecule has 3 aromatic rings. The van der Waals surface area contributed by atoms with Gasteiger partial charge in [0.2, 0.25) is 10.0 Å². The number of sulfonamides is 1. The fourth-order valence-electron chi connectivity index (χ4n) is 5.99. The highest BCUT2D eigenvalue weighted by Crippen LogP contribution is 2.29. The number of amides is 1. The van der Waals surface area contributed by atoms with Crippen molar-refractivity contribution in [2.24, 2.45) is 5.14 Å². The number of anilines is 3. The highest BCUT2D eigenvalue weighted by atomic mass is 32.2.